The monoisotopic (exact) mass is 372 g/mol. The van der Waals surface area contributed by atoms with Crippen LogP contribution < -0.4 is 5.32 Å². The third-order valence-corrected chi connectivity index (χ3v) is 5.15. The first-order valence-electron chi connectivity index (χ1n) is 10.0. The van der Waals surface area contributed by atoms with E-state index in [-0.39, 0.29) is 24.3 Å². The van der Waals surface area contributed by atoms with E-state index in [2.05, 4.69) is 5.32 Å². The topological polar surface area (TPSA) is 67.2 Å². The van der Waals surface area contributed by atoms with Gasteiger partial charge in [0, 0.05) is 32.0 Å². The van der Waals surface area contributed by atoms with Gasteiger partial charge in [-0.25, -0.2) is 4.98 Å². The van der Waals surface area contributed by atoms with Crippen LogP contribution in [0, 0.1) is 5.92 Å². The van der Waals surface area contributed by atoms with E-state index < -0.39 is 0 Å². The fraction of sp³-hybridized carbons (Fsp3) is 0.571. The second-order valence-corrected chi connectivity index (χ2v) is 6.72. The molecule has 0 unspecified atom stereocenters. The largest absolute Gasteiger partial charge is 0.355 e. The number of imidazole rings is 1. The Morgan fingerprint density at radius 2 is 1.78 bits per heavy atom. The van der Waals surface area contributed by atoms with Crippen LogP contribution in [0.15, 0.2) is 24.3 Å². The number of nitrogens with one attached hydrogen (secondary N) is 1. The van der Waals surface area contributed by atoms with E-state index in [0.717, 1.165) is 29.7 Å². The van der Waals surface area contributed by atoms with Crippen LogP contribution in [-0.2, 0) is 22.6 Å². The molecule has 0 atom stereocenters. The number of hydrogen-bond donors (Lipinski definition) is 1. The molecular formula is C21H32N4O2. The van der Waals surface area contributed by atoms with Crippen molar-refractivity contribution in [1.29, 1.82) is 0 Å². The van der Waals surface area contributed by atoms with Gasteiger partial charge in [-0.3, -0.25) is 9.59 Å². The summed E-state index contributed by atoms with van der Waals surface area (Å²) in [5, 5.41) is 3.02. The molecule has 6 nitrogen and oxygen atoms in total. The predicted molar refractivity (Wildman–Crippen MR) is 108 cm³/mol. The van der Waals surface area contributed by atoms with E-state index >= 15 is 0 Å². The van der Waals surface area contributed by atoms with Crippen LogP contribution in [0.4, 0.5) is 0 Å². The fourth-order valence-electron chi connectivity index (χ4n) is 3.41. The quantitative estimate of drug-likeness (QED) is 0.697. The highest BCUT2D eigenvalue weighted by molar-refractivity contribution is 5.81. The molecular weight excluding hydrogens is 340 g/mol. The zero-order chi connectivity index (χ0) is 19.8. The molecule has 6 heteroatoms. The van der Waals surface area contributed by atoms with Gasteiger partial charge in [0.2, 0.25) is 11.8 Å². The number of benzene rings is 1. The van der Waals surface area contributed by atoms with E-state index in [4.69, 9.17) is 4.98 Å². The van der Waals surface area contributed by atoms with Crippen molar-refractivity contribution in [2.24, 2.45) is 5.92 Å². The van der Waals surface area contributed by atoms with Gasteiger partial charge in [0.15, 0.2) is 0 Å². The average Bonchev–Trinajstić information content (AvgIpc) is 3.01. The summed E-state index contributed by atoms with van der Waals surface area (Å²) >= 11 is 0. The van der Waals surface area contributed by atoms with Gasteiger partial charge in [0.1, 0.15) is 12.4 Å². The van der Waals surface area contributed by atoms with Crippen LogP contribution in [-0.4, -0.2) is 45.9 Å². The van der Waals surface area contributed by atoms with Crippen molar-refractivity contribution < 1.29 is 9.59 Å². The Morgan fingerprint density at radius 3 is 2.41 bits per heavy atom. The van der Waals surface area contributed by atoms with E-state index in [0.29, 0.717) is 26.1 Å². The summed E-state index contributed by atoms with van der Waals surface area (Å²) in [6.07, 6.45) is 2.30. The number of carbonyl (C=O) groups is 2. The molecule has 1 N–H and O–H groups in total. The van der Waals surface area contributed by atoms with Gasteiger partial charge in [0.25, 0.3) is 0 Å². The number of nitrogens with zero attached hydrogens (tertiary/aromatic N) is 3. The maximum Gasteiger partial charge on any atom is 0.242 e. The third-order valence-electron chi connectivity index (χ3n) is 5.15. The summed E-state index contributed by atoms with van der Waals surface area (Å²) in [7, 11) is 0. The first-order valence-corrected chi connectivity index (χ1v) is 10.0. The Hall–Kier alpha value is -2.37. The van der Waals surface area contributed by atoms with Crippen LogP contribution >= 0.6 is 0 Å². The Labute approximate surface area is 161 Å². The molecule has 0 radical (unpaired) electrons. The van der Waals surface area contributed by atoms with Gasteiger partial charge in [0.05, 0.1) is 11.0 Å². The molecule has 0 aliphatic carbocycles. The normalized spacial score (nSPS) is 11.1. The summed E-state index contributed by atoms with van der Waals surface area (Å²) in [6, 6.07) is 7.86. The summed E-state index contributed by atoms with van der Waals surface area (Å²) < 4.78 is 1.99. The van der Waals surface area contributed by atoms with E-state index in [9.17, 15) is 9.59 Å². The second-order valence-electron chi connectivity index (χ2n) is 6.72. The predicted octanol–water partition coefficient (Wildman–Crippen LogP) is 3.00. The van der Waals surface area contributed by atoms with Crippen molar-refractivity contribution in [3.05, 3.63) is 30.1 Å². The van der Waals surface area contributed by atoms with Crippen LogP contribution in [0.2, 0.25) is 0 Å². The van der Waals surface area contributed by atoms with Gasteiger partial charge in [-0.15, -0.1) is 0 Å². The minimum atomic E-state index is 0.0630. The number of para-hydroxylation sites is 2. The highest BCUT2D eigenvalue weighted by Crippen LogP contribution is 2.17. The lowest BCUT2D eigenvalue weighted by Gasteiger charge is -2.20. The zero-order valence-electron chi connectivity index (χ0n) is 17.0. The molecule has 0 aliphatic rings. The van der Waals surface area contributed by atoms with Crippen molar-refractivity contribution in [3.63, 3.8) is 0 Å². The van der Waals surface area contributed by atoms with Crippen molar-refractivity contribution in [2.75, 3.05) is 19.6 Å². The Balaban J connectivity index is 2.16. The minimum absolute atomic E-state index is 0.0630. The molecule has 1 aromatic carbocycles. The molecule has 1 aromatic heterocycles. The van der Waals surface area contributed by atoms with E-state index in [1.165, 1.54) is 0 Å². The van der Waals surface area contributed by atoms with Crippen molar-refractivity contribution in [2.45, 2.75) is 53.5 Å². The molecule has 0 fully saturated rings. The lowest BCUT2D eigenvalue weighted by atomic mass is 10.0. The van der Waals surface area contributed by atoms with Gasteiger partial charge < -0.3 is 14.8 Å². The molecule has 2 aromatic rings. The minimum Gasteiger partial charge on any atom is -0.355 e. The summed E-state index contributed by atoms with van der Waals surface area (Å²) in [4.78, 5) is 31.3. The van der Waals surface area contributed by atoms with Gasteiger partial charge in [-0.2, -0.15) is 0 Å². The Morgan fingerprint density at radius 1 is 1.11 bits per heavy atom. The van der Waals surface area contributed by atoms with Crippen LogP contribution in [0.5, 0.6) is 0 Å². The second kappa shape index (κ2) is 10.1. The molecule has 0 saturated carbocycles. The highest BCUT2D eigenvalue weighted by Gasteiger charge is 2.17. The van der Waals surface area contributed by atoms with Gasteiger partial charge in [-0.05, 0) is 38.8 Å². The van der Waals surface area contributed by atoms with Crippen molar-refractivity contribution in [1.82, 2.24) is 19.8 Å². The van der Waals surface area contributed by atoms with E-state index in [1.807, 2.05) is 61.4 Å². The molecule has 2 rings (SSSR count). The molecule has 2 amide bonds. The number of amides is 2. The smallest absolute Gasteiger partial charge is 0.242 e. The molecule has 148 valence electrons. The molecule has 0 spiro atoms. The van der Waals surface area contributed by atoms with E-state index in [1.54, 1.807) is 0 Å². The lowest BCUT2D eigenvalue weighted by molar-refractivity contribution is -0.131. The zero-order valence-corrected chi connectivity index (χ0v) is 17.0. The molecule has 0 saturated heterocycles. The standard InChI is InChI=1S/C21H32N4O2/c1-5-16(6-2)21(27)22-14-13-19-23-17-11-9-10-12-18(17)25(19)15-20(26)24(7-3)8-4/h9-12,16H,5-8,13-15H2,1-4H3,(H,22,27). The Kier molecular flexibility index (Phi) is 7.82. The highest BCUT2D eigenvalue weighted by atomic mass is 16.2. The third kappa shape index (κ3) is 5.08. The maximum absolute atomic E-state index is 12.6. The average molecular weight is 373 g/mol. The fourth-order valence-corrected chi connectivity index (χ4v) is 3.41. The number of likely N-dealkylation sites (N-methyl/N-ethyl adjacent to an activating group) is 1. The SMILES string of the molecule is CCC(CC)C(=O)NCCc1nc2ccccc2n1CC(=O)N(CC)CC. The number of rotatable bonds is 10. The molecule has 0 bridgehead atoms. The molecule has 1 heterocycles. The summed E-state index contributed by atoms with van der Waals surface area (Å²) in [5.41, 5.74) is 1.84. The maximum atomic E-state index is 12.6. The first kappa shape index (κ1) is 20.9. The Bertz CT molecular complexity index is 761. The number of fused-ring (bicyclic) bond motifs is 1. The molecule has 0 aliphatic heterocycles. The lowest BCUT2D eigenvalue weighted by Crippen LogP contribution is -2.34. The van der Waals surface area contributed by atoms with Crippen molar-refractivity contribution in [3.8, 4) is 0 Å². The van der Waals surface area contributed by atoms with Crippen LogP contribution in [0.3, 0.4) is 0 Å². The van der Waals surface area contributed by atoms with Gasteiger partial charge >= 0.3 is 0 Å². The van der Waals surface area contributed by atoms with Crippen LogP contribution in [0.1, 0.15) is 46.4 Å². The summed E-state index contributed by atoms with van der Waals surface area (Å²) in [5.74, 6) is 1.09. The van der Waals surface area contributed by atoms with Gasteiger partial charge in [-0.1, -0.05) is 26.0 Å². The number of hydrogen-bond acceptors (Lipinski definition) is 3. The van der Waals surface area contributed by atoms with Crippen LogP contribution in [0.25, 0.3) is 11.0 Å². The number of aromatic nitrogens is 2. The molecule has 27 heavy (non-hydrogen) atoms. The van der Waals surface area contributed by atoms with Crippen molar-refractivity contribution >= 4 is 22.8 Å². The first-order chi connectivity index (χ1) is 13.0. The number of carbonyl (C=O) groups excluding carboxylic acids is 2. The summed E-state index contributed by atoms with van der Waals surface area (Å²) in [6.45, 7) is 10.2.